The molecule has 0 aliphatic rings. The SMILES string of the molecule is Cc1ncc(CCC(=O)c2ccc(CNS(=O)(=O)c3ccn(C)n3)cn2)s1. The quantitative estimate of drug-likeness (QED) is 0.574. The highest BCUT2D eigenvalue weighted by Crippen LogP contribution is 2.15. The Labute approximate surface area is 161 Å². The largest absolute Gasteiger partial charge is 0.292 e. The van der Waals surface area contributed by atoms with Crippen LogP contribution in [0, 0.1) is 6.92 Å². The second-order valence-corrected chi connectivity index (χ2v) is 9.01. The first-order chi connectivity index (χ1) is 12.8. The normalized spacial score (nSPS) is 11.6. The van der Waals surface area contributed by atoms with Gasteiger partial charge in [0, 0.05) is 43.5 Å². The van der Waals surface area contributed by atoms with Crippen LogP contribution < -0.4 is 4.72 Å². The van der Waals surface area contributed by atoms with E-state index >= 15 is 0 Å². The van der Waals surface area contributed by atoms with Gasteiger partial charge in [-0.3, -0.25) is 14.5 Å². The molecule has 3 heterocycles. The number of aromatic nitrogens is 4. The van der Waals surface area contributed by atoms with Crippen LogP contribution in [0.5, 0.6) is 0 Å². The highest BCUT2D eigenvalue weighted by atomic mass is 32.2. The van der Waals surface area contributed by atoms with Gasteiger partial charge in [0.1, 0.15) is 5.69 Å². The van der Waals surface area contributed by atoms with Gasteiger partial charge in [0.2, 0.25) is 0 Å². The number of thiazole rings is 1. The van der Waals surface area contributed by atoms with Gasteiger partial charge in [0.05, 0.1) is 5.01 Å². The highest BCUT2D eigenvalue weighted by molar-refractivity contribution is 7.89. The molecule has 0 fully saturated rings. The van der Waals surface area contributed by atoms with Crippen molar-refractivity contribution in [3.8, 4) is 0 Å². The van der Waals surface area contributed by atoms with Crippen LogP contribution in [-0.2, 0) is 30.0 Å². The Kier molecular flexibility index (Phi) is 5.78. The molecular formula is C17H19N5O3S2. The van der Waals surface area contributed by atoms with Crippen LogP contribution in [0.2, 0.25) is 0 Å². The molecule has 0 bridgehead atoms. The summed E-state index contributed by atoms with van der Waals surface area (Å²) in [5.74, 6) is -0.0540. The number of hydrogen-bond donors (Lipinski definition) is 1. The number of nitrogens with one attached hydrogen (secondary N) is 1. The van der Waals surface area contributed by atoms with Crippen molar-refractivity contribution in [1.29, 1.82) is 0 Å². The van der Waals surface area contributed by atoms with Gasteiger partial charge in [-0.15, -0.1) is 11.3 Å². The number of Topliss-reactive ketones (excluding diaryl/α,β-unsaturated/α-hetero) is 1. The molecule has 0 radical (unpaired) electrons. The maximum absolute atomic E-state index is 12.2. The smallest absolute Gasteiger partial charge is 0.260 e. The second-order valence-electron chi connectivity index (χ2n) is 5.97. The Morgan fingerprint density at radius 3 is 2.63 bits per heavy atom. The average Bonchev–Trinajstić information content (AvgIpc) is 3.27. The first-order valence-corrected chi connectivity index (χ1v) is 10.5. The third kappa shape index (κ3) is 5.06. The number of pyridine rings is 1. The number of ketones is 1. The molecule has 0 amide bonds. The molecule has 0 atom stereocenters. The van der Waals surface area contributed by atoms with Gasteiger partial charge in [-0.25, -0.2) is 18.1 Å². The van der Waals surface area contributed by atoms with Crippen LogP contribution >= 0.6 is 11.3 Å². The molecule has 0 aromatic carbocycles. The topological polar surface area (TPSA) is 107 Å². The molecule has 8 nitrogen and oxygen atoms in total. The van der Waals surface area contributed by atoms with Crippen molar-refractivity contribution < 1.29 is 13.2 Å². The minimum absolute atomic E-state index is 0.0388. The highest BCUT2D eigenvalue weighted by Gasteiger charge is 2.17. The van der Waals surface area contributed by atoms with Crippen molar-refractivity contribution in [2.45, 2.75) is 31.3 Å². The van der Waals surface area contributed by atoms with Crippen molar-refractivity contribution >= 4 is 27.1 Å². The zero-order valence-corrected chi connectivity index (χ0v) is 16.5. The zero-order valence-electron chi connectivity index (χ0n) is 14.9. The van der Waals surface area contributed by atoms with Crippen molar-refractivity contribution in [2.75, 3.05) is 0 Å². The summed E-state index contributed by atoms with van der Waals surface area (Å²) < 4.78 is 28.2. The molecular weight excluding hydrogens is 386 g/mol. The standard InChI is InChI=1S/C17H19N5O3S2/c1-12-18-11-14(26-12)4-6-16(23)15-5-3-13(9-19-15)10-20-27(24,25)17-7-8-22(2)21-17/h3,5,7-9,11,20H,4,6,10H2,1-2H3. The molecule has 3 rings (SSSR count). The zero-order chi connectivity index (χ0) is 19.4. The summed E-state index contributed by atoms with van der Waals surface area (Å²) in [4.78, 5) is 21.6. The van der Waals surface area contributed by atoms with E-state index in [1.807, 2.05) is 6.92 Å². The van der Waals surface area contributed by atoms with Gasteiger partial charge in [-0.2, -0.15) is 5.10 Å². The van der Waals surface area contributed by atoms with Crippen LogP contribution in [0.4, 0.5) is 0 Å². The second kappa shape index (κ2) is 8.07. The van der Waals surface area contributed by atoms with Gasteiger partial charge >= 0.3 is 0 Å². The summed E-state index contributed by atoms with van der Waals surface area (Å²) >= 11 is 1.58. The van der Waals surface area contributed by atoms with E-state index in [0.717, 1.165) is 9.88 Å². The predicted molar refractivity (Wildman–Crippen MR) is 101 cm³/mol. The van der Waals surface area contributed by atoms with Crippen molar-refractivity contribution in [3.05, 3.63) is 57.9 Å². The summed E-state index contributed by atoms with van der Waals surface area (Å²) in [6.45, 7) is 2.00. The van der Waals surface area contributed by atoms with E-state index in [1.165, 1.54) is 16.9 Å². The molecule has 0 spiro atoms. The van der Waals surface area contributed by atoms with E-state index in [9.17, 15) is 13.2 Å². The number of hydrogen-bond acceptors (Lipinski definition) is 7. The number of carbonyl (C=O) groups excluding carboxylic acids is 1. The van der Waals surface area contributed by atoms with Crippen LogP contribution in [0.25, 0.3) is 0 Å². The van der Waals surface area contributed by atoms with E-state index in [2.05, 4.69) is 19.8 Å². The first-order valence-electron chi connectivity index (χ1n) is 8.22. The molecule has 0 aliphatic heterocycles. The average molecular weight is 406 g/mol. The van der Waals surface area contributed by atoms with Crippen LogP contribution in [0.3, 0.4) is 0 Å². The number of aryl methyl sites for hydroxylation is 3. The molecule has 1 N–H and O–H groups in total. The Morgan fingerprint density at radius 1 is 1.22 bits per heavy atom. The lowest BCUT2D eigenvalue weighted by molar-refractivity contribution is 0.0978. The van der Waals surface area contributed by atoms with E-state index in [4.69, 9.17) is 0 Å². The summed E-state index contributed by atoms with van der Waals surface area (Å²) in [6.07, 6.45) is 5.85. The molecule has 3 aromatic heterocycles. The summed E-state index contributed by atoms with van der Waals surface area (Å²) in [7, 11) is -2.04. The molecule has 142 valence electrons. The fourth-order valence-corrected chi connectivity index (χ4v) is 4.14. The number of sulfonamides is 1. The Hall–Kier alpha value is -2.43. The maximum atomic E-state index is 12.2. The molecule has 27 heavy (non-hydrogen) atoms. The van der Waals surface area contributed by atoms with Crippen molar-refractivity contribution in [3.63, 3.8) is 0 Å². The minimum Gasteiger partial charge on any atom is -0.292 e. The fourth-order valence-electron chi connectivity index (χ4n) is 2.37. The van der Waals surface area contributed by atoms with Gasteiger partial charge in [0.25, 0.3) is 10.0 Å². The van der Waals surface area contributed by atoms with Gasteiger partial charge in [-0.1, -0.05) is 6.07 Å². The Balaban J connectivity index is 1.56. The Morgan fingerprint density at radius 2 is 2.04 bits per heavy atom. The number of rotatable bonds is 8. The van der Waals surface area contributed by atoms with E-state index in [1.54, 1.807) is 42.9 Å². The van der Waals surface area contributed by atoms with Crippen molar-refractivity contribution in [2.24, 2.45) is 7.05 Å². The number of nitrogens with zero attached hydrogens (tertiary/aromatic N) is 4. The van der Waals surface area contributed by atoms with E-state index < -0.39 is 10.0 Å². The third-order valence-corrected chi connectivity index (χ3v) is 6.07. The predicted octanol–water partition coefficient (Wildman–Crippen LogP) is 1.87. The Bertz CT molecular complexity index is 1040. The lowest BCUT2D eigenvalue weighted by atomic mass is 10.1. The van der Waals surface area contributed by atoms with E-state index in [0.29, 0.717) is 24.1 Å². The minimum atomic E-state index is -3.68. The van der Waals surface area contributed by atoms with Crippen molar-refractivity contribution in [1.82, 2.24) is 24.5 Å². The molecule has 0 saturated carbocycles. The summed E-state index contributed by atoms with van der Waals surface area (Å²) in [5.41, 5.74) is 1.02. The van der Waals surface area contributed by atoms with Crippen LogP contribution in [0.15, 0.2) is 41.8 Å². The first kappa shape index (κ1) is 19.3. The summed E-state index contributed by atoms with van der Waals surface area (Å²) in [5, 5.41) is 4.82. The maximum Gasteiger partial charge on any atom is 0.260 e. The summed E-state index contributed by atoms with van der Waals surface area (Å²) in [6, 6.07) is 4.73. The van der Waals surface area contributed by atoms with Gasteiger partial charge in [-0.05, 0) is 31.0 Å². The van der Waals surface area contributed by atoms with Crippen LogP contribution in [-0.4, -0.2) is 33.9 Å². The van der Waals surface area contributed by atoms with Gasteiger partial charge < -0.3 is 0 Å². The fraction of sp³-hybridized carbons (Fsp3) is 0.294. The van der Waals surface area contributed by atoms with Crippen LogP contribution in [0.1, 0.15) is 32.4 Å². The molecule has 10 heteroatoms. The lowest BCUT2D eigenvalue weighted by Crippen LogP contribution is -2.24. The molecule has 3 aromatic rings. The number of carbonyl (C=O) groups is 1. The molecule has 0 aliphatic carbocycles. The third-order valence-electron chi connectivity index (χ3n) is 3.81. The van der Waals surface area contributed by atoms with E-state index in [-0.39, 0.29) is 17.4 Å². The molecule has 0 saturated heterocycles. The molecule has 0 unspecified atom stereocenters. The monoisotopic (exact) mass is 405 g/mol. The lowest BCUT2D eigenvalue weighted by Gasteiger charge is -2.05. The van der Waals surface area contributed by atoms with Gasteiger partial charge in [0.15, 0.2) is 10.8 Å².